The van der Waals surface area contributed by atoms with E-state index in [1.165, 1.54) is 18.4 Å². The lowest BCUT2D eigenvalue weighted by atomic mass is 9.84. The fraction of sp³-hybridized carbons (Fsp3) is 0.500. The van der Waals surface area contributed by atoms with Gasteiger partial charge in [-0.25, -0.2) is 0 Å². The molecular formula is C10H10Cl2O. The van der Waals surface area contributed by atoms with E-state index >= 15 is 0 Å². The van der Waals surface area contributed by atoms with Crippen LogP contribution in [0.5, 0.6) is 0 Å². The molecule has 1 nitrogen and oxygen atoms in total. The van der Waals surface area contributed by atoms with Crippen LogP contribution in [0.15, 0.2) is 22.3 Å². The van der Waals surface area contributed by atoms with Gasteiger partial charge in [0, 0.05) is 5.57 Å². The van der Waals surface area contributed by atoms with Crippen molar-refractivity contribution in [3.8, 4) is 0 Å². The first kappa shape index (κ1) is 9.29. The number of allylic oxidation sites excluding steroid dienone is 4. The lowest BCUT2D eigenvalue weighted by Gasteiger charge is -2.27. The summed E-state index contributed by atoms with van der Waals surface area (Å²) >= 11 is 11.7. The molecule has 13 heavy (non-hydrogen) atoms. The average Bonchev–Trinajstić information content (AvgIpc) is 2.19. The highest BCUT2D eigenvalue weighted by atomic mass is 35.5. The van der Waals surface area contributed by atoms with E-state index in [4.69, 9.17) is 23.2 Å². The number of hydrogen-bond donors (Lipinski definition) is 0. The van der Waals surface area contributed by atoms with Gasteiger partial charge in [0.2, 0.25) is 0 Å². The van der Waals surface area contributed by atoms with Gasteiger partial charge in [-0.2, -0.15) is 0 Å². The molecule has 0 aromatic carbocycles. The maximum Gasteiger partial charge on any atom is 0.196 e. The zero-order valence-electron chi connectivity index (χ0n) is 7.15. The van der Waals surface area contributed by atoms with Crippen molar-refractivity contribution in [1.29, 1.82) is 0 Å². The molecule has 0 saturated heterocycles. The molecule has 0 fully saturated rings. The van der Waals surface area contributed by atoms with E-state index in [1.54, 1.807) is 0 Å². The molecule has 0 aliphatic heterocycles. The van der Waals surface area contributed by atoms with Crippen molar-refractivity contribution in [3.63, 3.8) is 0 Å². The summed E-state index contributed by atoms with van der Waals surface area (Å²) in [6, 6.07) is 0. The minimum absolute atomic E-state index is 0.121. The van der Waals surface area contributed by atoms with E-state index in [1.807, 2.05) is 0 Å². The van der Waals surface area contributed by atoms with Crippen molar-refractivity contribution >= 4 is 29.0 Å². The molecule has 70 valence electrons. The average molecular weight is 217 g/mol. The summed E-state index contributed by atoms with van der Waals surface area (Å²) in [5.41, 5.74) is 2.07. The Bertz CT molecular complexity index is 315. The summed E-state index contributed by atoms with van der Waals surface area (Å²) in [5, 5.41) is -0.120. The summed E-state index contributed by atoms with van der Waals surface area (Å²) in [4.78, 5) is 11.1. The molecule has 0 bridgehead atoms. The lowest BCUT2D eigenvalue weighted by molar-refractivity contribution is -0.115. The second-order valence-electron chi connectivity index (χ2n) is 3.43. The van der Waals surface area contributed by atoms with E-state index in [9.17, 15) is 4.79 Å². The van der Waals surface area contributed by atoms with Crippen LogP contribution in [-0.2, 0) is 4.79 Å². The summed E-state index contributed by atoms with van der Waals surface area (Å²) in [6.45, 7) is 0. The largest absolute Gasteiger partial charge is 0.291 e. The predicted molar refractivity (Wildman–Crippen MR) is 54.1 cm³/mol. The van der Waals surface area contributed by atoms with Crippen LogP contribution in [0.4, 0.5) is 0 Å². The van der Waals surface area contributed by atoms with Crippen molar-refractivity contribution in [1.82, 2.24) is 0 Å². The van der Waals surface area contributed by atoms with Gasteiger partial charge in [0.25, 0.3) is 0 Å². The summed E-state index contributed by atoms with van der Waals surface area (Å²) in [7, 11) is 0. The smallest absolute Gasteiger partial charge is 0.196 e. The van der Waals surface area contributed by atoms with Crippen molar-refractivity contribution in [2.45, 2.75) is 31.1 Å². The number of ketones is 1. The van der Waals surface area contributed by atoms with Gasteiger partial charge in [0.15, 0.2) is 5.78 Å². The summed E-state index contributed by atoms with van der Waals surface area (Å²) in [5.74, 6) is -0.121. The van der Waals surface area contributed by atoms with E-state index in [0.29, 0.717) is 5.03 Å². The van der Waals surface area contributed by atoms with Crippen molar-refractivity contribution in [3.05, 3.63) is 22.3 Å². The van der Waals surface area contributed by atoms with Crippen LogP contribution in [0.1, 0.15) is 25.7 Å². The molecule has 3 heteroatoms. The van der Waals surface area contributed by atoms with Gasteiger partial charge in [-0.1, -0.05) is 17.7 Å². The molecule has 1 atom stereocenters. The maximum atomic E-state index is 11.1. The minimum Gasteiger partial charge on any atom is -0.291 e. The Morgan fingerprint density at radius 3 is 2.69 bits per heavy atom. The molecule has 1 unspecified atom stereocenters. The molecule has 0 N–H and O–H groups in total. The molecule has 2 aliphatic rings. The number of halogens is 2. The Kier molecular flexibility index (Phi) is 2.48. The molecule has 0 spiro atoms. The van der Waals surface area contributed by atoms with E-state index in [0.717, 1.165) is 18.4 Å². The number of carbonyl (C=O) groups is 1. The monoisotopic (exact) mass is 216 g/mol. The number of hydrogen-bond acceptors (Lipinski definition) is 1. The minimum atomic E-state index is -0.475. The van der Waals surface area contributed by atoms with Crippen molar-refractivity contribution in [2.75, 3.05) is 0 Å². The Morgan fingerprint density at radius 1 is 1.38 bits per heavy atom. The molecule has 0 amide bonds. The van der Waals surface area contributed by atoms with Crippen LogP contribution in [0.25, 0.3) is 0 Å². The van der Waals surface area contributed by atoms with Gasteiger partial charge in [0.1, 0.15) is 5.38 Å². The van der Waals surface area contributed by atoms with E-state index in [2.05, 4.69) is 6.08 Å². The van der Waals surface area contributed by atoms with Crippen LogP contribution in [-0.4, -0.2) is 11.2 Å². The highest BCUT2D eigenvalue weighted by Gasteiger charge is 2.38. The fourth-order valence-electron chi connectivity index (χ4n) is 1.80. The van der Waals surface area contributed by atoms with Crippen LogP contribution in [0.3, 0.4) is 0 Å². The van der Waals surface area contributed by atoms with E-state index in [-0.39, 0.29) is 5.78 Å². The Hall–Kier alpha value is -0.270. The Morgan fingerprint density at radius 2 is 2.15 bits per heavy atom. The van der Waals surface area contributed by atoms with E-state index < -0.39 is 5.38 Å². The summed E-state index contributed by atoms with van der Waals surface area (Å²) in [6.07, 6.45) is 6.67. The van der Waals surface area contributed by atoms with Crippen LogP contribution in [0.2, 0.25) is 0 Å². The fourth-order valence-corrected chi connectivity index (χ4v) is 2.60. The van der Waals surface area contributed by atoms with Gasteiger partial charge in [-0.3, -0.25) is 4.79 Å². The molecule has 0 saturated carbocycles. The van der Waals surface area contributed by atoms with Crippen LogP contribution >= 0.6 is 23.2 Å². The predicted octanol–water partition coefficient (Wildman–Crippen LogP) is 3.17. The second-order valence-corrected chi connectivity index (χ2v) is 4.24. The highest BCUT2D eigenvalue weighted by Crippen LogP contribution is 2.40. The third-order valence-corrected chi connectivity index (χ3v) is 3.38. The summed E-state index contributed by atoms with van der Waals surface area (Å²) < 4.78 is 0. The van der Waals surface area contributed by atoms with Crippen LogP contribution in [0, 0.1) is 0 Å². The molecule has 2 rings (SSSR count). The zero-order chi connectivity index (χ0) is 9.42. The first-order valence-electron chi connectivity index (χ1n) is 4.49. The third-order valence-electron chi connectivity index (χ3n) is 2.57. The molecular weight excluding hydrogens is 207 g/mol. The number of carbonyl (C=O) groups excluding carboxylic acids is 1. The van der Waals surface area contributed by atoms with Crippen molar-refractivity contribution < 1.29 is 4.79 Å². The van der Waals surface area contributed by atoms with Crippen molar-refractivity contribution in [2.24, 2.45) is 0 Å². The quantitative estimate of drug-likeness (QED) is 0.616. The second kappa shape index (κ2) is 3.47. The van der Waals surface area contributed by atoms with Gasteiger partial charge < -0.3 is 0 Å². The number of rotatable bonds is 1. The molecule has 0 aromatic rings. The first-order valence-corrected chi connectivity index (χ1v) is 5.30. The Labute approximate surface area is 87.4 Å². The first-order chi connectivity index (χ1) is 6.22. The number of Topliss-reactive ketones (excluding diaryl/α,β-unsaturated/α-hetero) is 1. The zero-order valence-corrected chi connectivity index (χ0v) is 8.66. The number of alkyl halides is 1. The normalized spacial score (nSPS) is 28.6. The topological polar surface area (TPSA) is 17.1 Å². The van der Waals surface area contributed by atoms with Gasteiger partial charge in [0.05, 0.1) is 5.03 Å². The van der Waals surface area contributed by atoms with Gasteiger partial charge in [-0.05, 0) is 31.3 Å². The molecule has 2 aliphatic carbocycles. The Balaban J connectivity index is 2.27. The molecule has 0 radical (unpaired) electrons. The lowest BCUT2D eigenvalue weighted by Crippen LogP contribution is -2.31. The van der Waals surface area contributed by atoms with Gasteiger partial charge in [-0.15, -0.1) is 11.6 Å². The SMILES string of the molecule is O=C1C(Cl)=C(C2=CCCCC2)C1Cl. The third kappa shape index (κ3) is 1.44. The molecule has 0 aromatic heterocycles. The van der Waals surface area contributed by atoms with Gasteiger partial charge >= 0.3 is 0 Å². The maximum absolute atomic E-state index is 11.1. The van der Waals surface area contributed by atoms with Crippen LogP contribution < -0.4 is 0 Å². The standard InChI is InChI=1S/C10H10Cl2O/c11-8-7(9(12)10(8)13)6-4-2-1-3-5-6/h4,8H,1-3,5H2. The molecule has 0 heterocycles. The highest BCUT2D eigenvalue weighted by molar-refractivity contribution is 6.55.